The van der Waals surface area contributed by atoms with E-state index in [1.807, 2.05) is 85.8 Å². The Kier molecular flexibility index (Phi) is 4.96. The highest BCUT2D eigenvalue weighted by Crippen LogP contribution is 2.35. The van der Waals surface area contributed by atoms with Crippen LogP contribution in [0.15, 0.2) is 84.9 Å². The molecule has 1 unspecified atom stereocenters. The SMILES string of the molecule is CCC(O)(c1ccccc1)c1ccccc1C(=O)Nc1ccccc1. The van der Waals surface area contributed by atoms with E-state index in [1.165, 1.54) is 0 Å². The van der Waals surface area contributed by atoms with Crippen molar-refractivity contribution in [2.24, 2.45) is 0 Å². The molecule has 0 aliphatic heterocycles. The number of nitrogens with one attached hydrogen (secondary N) is 1. The third-order valence-electron chi connectivity index (χ3n) is 4.41. The van der Waals surface area contributed by atoms with Gasteiger partial charge >= 0.3 is 0 Å². The summed E-state index contributed by atoms with van der Waals surface area (Å²) >= 11 is 0. The fourth-order valence-electron chi connectivity index (χ4n) is 3.03. The van der Waals surface area contributed by atoms with E-state index in [9.17, 15) is 9.90 Å². The molecule has 3 aromatic carbocycles. The zero-order valence-electron chi connectivity index (χ0n) is 14.1. The van der Waals surface area contributed by atoms with Crippen molar-refractivity contribution in [2.45, 2.75) is 18.9 Å². The maximum atomic E-state index is 12.8. The van der Waals surface area contributed by atoms with Crippen molar-refractivity contribution in [2.75, 3.05) is 5.32 Å². The number of benzene rings is 3. The van der Waals surface area contributed by atoms with Gasteiger partial charge in [0.2, 0.25) is 0 Å². The first-order valence-electron chi connectivity index (χ1n) is 8.39. The molecule has 3 nitrogen and oxygen atoms in total. The molecule has 0 fully saturated rings. The molecule has 126 valence electrons. The first-order chi connectivity index (χ1) is 12.1. The fraction of sp³-hybridized carbons (Fsp3) is 0.136. The van der Waals surface area contributed by atoms with Crippen molar-refractivity contribution in [3.8, 4) is 0 Å². The highest BCUT2D eigenvalue weighted by Gasteiger charge is 2.33. The van der Waals surface area contributed by atoms with Crippen LogP contribution in [0.5, 0.6) is 0 Å². The second-order valence-electron chi connectivity index (χ2n) is 5.95. The quantitative estimate of drug-likeness (QED) is 0.719. The summed E-state index contributed by atoms with van der Waals surface area (Å²) in [5.74, 6) is -0.232. The van der Waals surface area contributed by atoms with E-state index in [0.29, 0.717) is 17.5 Å². The average Bonchev–Trinajstić information content (AvgIpc) is 2.69. The number of carbonyl (C=O) groups excluding carboxylic acids is 1. The lowest BCUT2D eigenvalue weighted by atomic mass is 9.81. The van der Waals surface area contributed by atoms with Crippen molar-refractivity contribution in [3.05, 3.63) is 102 Å². The van der Waals surface area contributed by atoms with Gasteiger partial charge in [0.05, 0.1) is 0 Å². The summed E-state index contributed by atoms with van der Waals surface area (Å²) in [5, 5.41) is 14.3. The number of amides is 1. The highest BCUT2D eigenvalue weighted by molar-refractivity contribution is 6.05. The maximum Gasteiger partial charge on any atom is 0.256 e. The molecule has 2 N–H and O–H groups in total. The largest absolute Gasteiger partial charge is 0.380 e. The molecule has 25 heavy (non-hydrogen) atoms. The van der Waals surface area contributed by atoms with Gasteiger partial charge in [0.15, 0.2) is 0 Å². The van der Waals surface area contributed by atoms with Crippen LogP contribution in [0.25, 0.3) is 0 Å². The molecule has 0 saturated heterocycles. The van der Waals surface area contributed by atoms with Crippen LogP contribution in [0.4, 0.5) is 5.69 Å². The van der Waals surface area contributed by atoms with Gasteiger partial charge in [-0.3, -0.25) is 4.79 Å². The minimum absolute atomic E-state index is 0.232. The molecule has 0 aromatic heterocycles. The molecule has 0 heterocycles. The molecular formula is C22H21NO2. The van der Waals surface area contributed by atoms with E-state index >= 15 is 0 Å². The predicted molar refractivity (Wildman–Crippen MR) is 101 cm³/mol. The third kappa shape index (κ3) is 3.47. The van der Waals surface area contributed by atoms with E-state index < -0.39 is 5.60 Å². The van der Waals surface area contributed by atoms with Crippen molar-refractivity contribution in [3.63, 3.8) is 0 Å². The number of hydrogen-bond acceptors (Lipinski definition) is 2. The van der Waals surface area contributed by atoms with Crippen LogP contribution < -0.4 is 5.32 Å². The molecule has 3 rings (SSSR count). The minimum Gasteiger partial charge on any atom is -0.380 e. The molecule has 0 aliphatic carbocycles. The smallest absolute Gasteiger partial charge is 0.256 e. The van der Waals surface area contributed by atoms with Crippen molar-refractivity contribution >= 4 is 11.6 Å². The van der Waals surface area contributed by atoms with Gasteiger partial charge in [-0.15, -0.1) is 0 Å². The van der Waals surface area contributed by atoms with Crippen LogP contribution >= 0.6 is 0 Å². The van der Waals surface area contributed by atoms with Gasteiger partial charge in [0.1, 0.15) is 5.60 Å². The van der Waals surface area contributed by atoms with Crippen molar-refractivity contribution in [1.82, 2.24) is 0 Å². The minimum atomic E-state index is -1.22. The van der Waals surface area contributed by atoms with Gasteiger partial charge in [-0.25, -0.2) is 0 Å². The summed E-state index contributed by atoms with van der Waals surface area (Å²) in [5.41, 5.74) is 1.36. The Labute approximate surface area is 148 Å². The molecule has 0 aliphatic rings. The van der Waals surface area contributed by atoms with Gasteiger partial charge < -0.3 is 10.4 Å². The lowest BCUT2D eigenvalue weighted by Gasteiger charge is -2.30. The lowest BCUT2D eigenvalue weighted by Crippen LogP contribution is -2.30. The lowest BCUT2D eigenvalue weighted by molar-refractivity contribution is 0.0740. The number of aliphatic hydroxyl groups is 1. The summed E-state index contributed by atoms with van der Waals surface area (Å²) in [7, 11) is 0. The van der Waals surface area contributed by atoms with Crippen LogP contribution in [0.2, 0.25) is 0 Å². The van der Waals surface area contributed by atoms with Gasteiger partial charge in [-0.05, 0) is 30.2 Å². The van der Waals surface area contributed by atoms with Crippen molar-refractivity contribution < 1.29 is 9.90 Å². The number of carbonyl (C=O) groups is 1. The number of rotatable bonds is 5. The summed E-state index contributed by atoms with van der Waals surface area (Å²) < 4.78 is 0. The topological polar surface area (TPSA) is 49.3 Å². The Morgan fingerprint density at radius 3 is 2.08 bits per heavy atom. The van der Waals surface area contributed by atoms with Crippen LogP contribution in [-0.2, 0) is 5.60 Å². The number of hydrogen-bond donors (Lipinski definition) is 2. The second kappa shape index (κ2) is 7.32. The molecule has 0 saturated carbocycles. The Hall–Kier alpha value is -2.91. The Morgan fingerprint density at radius 1 is 0.880 bits per heavy atom. The standard InChI is InChI=1S/C22H21NO2/c1-2-22(25,17-11-5-3-6-12-17)20-16-10-9-15-19(20)21(24)23-18-13-7-4-8-14-18/h3-16,25H,2H2,1H3,(H,23,24). The van der Waals surface area contributed by atoms with Crippen LogP contribution in [0.3, 0.4) is 0 Å². The maximum absolute atomic E-state index is 12.8. The zero-order valence-corrected chi connectivity index (χ0v) is 14.1. The van der Waals surface area contributed by atoms with Crippen LogP contribution in [-0.4, -0.2) is 11.0 Å². The molecule has 0 spiro atoms. The number of anilines is 1. The first kappa shape index (κ1) is 16.9. The monoisotopic (exact) mass is 331 g/mol. The van der Waals surface area contributed by atoms with Crippen molar-refractivity contribution in [1.29, 1.82) is 0 Å². The Balaban J connectivity index is 2.02. The van der Waals surface area contributed by atoms with E-state index in [-0.39, 0.29) is 5.91 Å². The molecule has 3 aromatic rings. The zero-order chi connectivity index (χ0) is 17.7. The van der Waals surface area contributed by atoms with Gasteiger partial charge in [0, 0.05) is 16.8 Å². The fourth-order valence-corrected chi connectivity index (χ4v) is 3.03. The summed E-state index contributed by atoms with van der Waals surface area (Å²) in [4.78, 5) is 12.8. The highest BCUT2D eigenvalue weighted by atomic mass is 16.3. The van der Waals surface area contributed by atoms with Crippen LogP contribution in [0, 0.1) is 0 Å². The van der Waals surface area contributed by atoms with Crippen LogP contribution in [0.1, 0.15) is 34.8 Å². The summed E-state index contributed by atoms with van der Waals surface area (Å²) in [6, 6.07) is 26.0. The van der Waals surface area contributed by atoms with E-state index in [2.05, 4.69) is 5.32 Å². The normalized spacial score (nSPS) is 13.0. The van der Waals surface area contributed by atoms with Gasteiger partial charge in [-0.2, -0.15) is 0 Å². The Bertz CT molecular complexity index is 846. The molecule has 3 heteroatoms. The Morgan fingerprint density at radius 2 is 1.44 bits per heavy atom. The van der Waals surface area contributed by atoms with E-state index in [4.69, 9.17) is 0 Å². The first-order valence-corrected chi connectivity index (χ1v) is 8.39. The third-order valence-corrected chi connectivity index (χ3v) is 4.41. The number of para-hydroxylation sites is 1. The molecule has 0 radical (unpaired) electrons. The second-order valence-corrected chi connectivity index (χ2v) is 5.95. The molecule has 0 bridgehead atoms. The summed E-state index contributed by atoms with van der Waals surface area (Å²) in [6.45, 7) is 1.92. The van der Waals surface area contributed by atoms with E-state index in [0.717, 1.165) is 11.3 Å². The van der Waals surface area contributed by atoms with Gasteiger partial charge in [0.25, 0.3) is 5.91 Å². The summed E-state index contributed by atoms with van der Waals surface area (Å²) in [6.07, 6.45) is 0.465. The predicted octanol–water partition coefficient (Wildman–Crippen LogP) is 4.58. The van der Waals surface area contributed by atoms with Gasteiger partial charge in [-0.1, -0.05) is 73.7 Å². The average molecular weight is 331 g/mol. The molecule has 1 amide bonds. The molecular weight excluding hydrogens is 310 g/mol. The molecule has 1 atom stereocenters. The van der Waals surface area contributed by atoms with E-state index in [1.54, 1.807) is 6.07 Å².